The summed E-state index contributed by atoms with van der Waals surface area (Å²) in [4.78, 5) is 28.1. The summed E-state index contributed by atoms with van der Waals surface area (Å²) in [6.07, 6.45) is -1.33. The Morgan fingerprint density at radius 3 is 2.79 bits per heavy atom. The number of hydrogen-bond acceptors (Lipinski definition) is 6. The highest BCUT2D eigenvalue weighted by molar-refractivity contribution is 5.86. The van der Waals surface area contributed by atoms with Crippen LogP contribution in [0.25, 0.3) is 0 Å². The maximum atomic E-state index is 11.7. The van der Waals surface area contributed by atoms with Crippen molar-refractivity contribution in [3.8, 4) is 0 Å². The van der Waals surface area contributed by atoms with Crippen molar-refractivity contribution in [3.05, 3.63) is 0 Å². The van der Waals surface area contributed by atoms with Crippen LogP contribution in [0, 0.1) is 0 Å². The van der Waals surface area contributed by atoms with Gasteiger partial charge in [0.25, 0.3) is 5.91 Å². The van der Waals surface area contributed by atoms with Crippen LogP contribution in [0.4, 0.5) is 4.79 Å². The van der Waals surface area contributed by atoms with Crippen LogP contribution in [0.5, 0.6) is 0 Å². The van der Waals surface area contributed by atoms with E-state index in [9.17, 15) is 9.59 Å². The topological polar surface area (TPSA) is 95.1 Å². The molecule has 0 aliphatic carbocycles. The molecule has 1 saturated heterocycles. The van der Waals surface area contributed by atoms with Crippen molar-refractivity contribution in [3.63, 3.8) is 0 Å². The molecular weight excluding hydrogens is 256 g/mol. The highest BCUT2D eigenvalue weighted by Gasteiger charge is 2.36. The van der Waals surface area contributed by atoms with E-state index >= 15 is 0 Å². The fraction of sp³-hybridized carbons (Fsp3) is 0.818. The second-order valence-corrected chi connectivity index (χ2v) is 5.01. The zero-order chi connectivity index (χ0) is 14.5. The Morgan fingerprint density at radius 1 is 1.53 bits per heavy atom. The molecule has 2 N–H and O–H groups in total. The zero-order valence-corrected chi connectivity index (χ0v) is 11.5. The monoisotopic (exact) mass is 276 g/mol. The van der Waals surface area contributed by atoms with Crippen LogP contribution in [-0.4, -0.2) is 50.3 Å². The fourth-order valence-electron chi connectivity index (χ4n) is 1.42. The molecular formula is C11H20N2O6. The summed E-state index contributed by atoms with van der Waals surface area (Å²) in [5.41, 5.74) is 1.53. The molecule has 1 aliphatic rings. The summed E-state index contributed by atoms with van der Waals surface area (Å²) in [5.74, 6) is -0.502. The molecule has 2 atom stereocenters. The van der Waals surface area contributed by atoms with Crippen molar-refractivity contribution >= 4 is 12.0 Å². The summed E-state index contributed by atoms with van der Waals surface area (Å²) in [6.45, 7) is 5.30. The van der Waals surface area contributed by atoms with Crippen molar-refractivity contribution in [2.24, 2.45) is 0 Å². The Bertz CT molecular complexity index is 328. The van der Waals surface area contributed by atoms with E-state index in [2.05, 4.69) is 10.8 Å². The van der Waals surface area contributed by atoms with Crippen LogP contribution in [-0.2, 0) is 23.8 Å². The Morgan fingerprint density at radius 2 is 2.21 bits per heavy atom. The Hall–Kier alpha value is -1.38. The van der Waals surface area contributed by atoms with Gasteiger partial charge in [0, 0.05) is 7.11 Å². The number of alkyl carbamates (subject to hydrolysis) is 1. The number of rotatable bonds is 4. The van der Waals surface area contributed by atoms with E-state index in [0.717, 1.165) is 0 Å². The summed E-state index contributed by atoms with van der Waals surface area (Å²) in [7, 11) is 1.46. The normalized spacial score (nSPS) is 23.7. The highest BCUT2D eigenvalue weighted by atomic mass is 16.7. The minimum atomic E-state index is -0.890. The molecule has 0 unspecified atom stereocenters. The van der Waals surface area contributed by atoms with E-state index in [-0.39, 0.29) is 13.4 Å². The number of methoxy groups -OCH3 is 1. The van der Waals surface area contributed by atoms with Gasteiger partial charge in [-0.2, -0.15) is 0 Å². The summed E-state index contributed by atoms with van der Waals surface area (Å²) in [5, 5.41) is 2.45. The number of amides is 2. The average molecular weight is 276 g/mol. The van der Waals surface area contributed by atoms with Gasteiger partial charge in [0.1, 0.15) is 31.1 Å². The molecule has 0 aromatic heterocycles. The molecule has 0 aromatic rings. The molecule has 0 spiro atoms. The van der Waals surface area contributed by atoms with Crippen molar-refractivity contribution in [1.29, 1.82) is 0 Å². The van der Waals surface area contributed by atoms with E-state index in [4.69, 9.17) is 19.0 Å². The van der Waals surface area contributed by atoms with Crippen LogP contribution < -0.4 is 10.8 Å². The number of carbonyl (C=O) groups excluding carboxylic acids is 2. The van der Waals surface area contributed by atoms with Gasteiger partial charge in [-0.1, -0.05) is 0 Å². The van der Waals surface area contributed by atoms with Gasteiger partial charge >= 0.3 is 6.09 Å². The van der Waals surface area contributed by atoms with Crippen LogP contribution in [0.2, 0.25) is 0 Å². The van der Waals surface area contributed by atoms with Crippen LogP contribution in [0.3, 0.4) is 0 Å². The number of hydroxylamine groups is 1. The summed E-state index contributed by atoms with van der Waals surface area (Å²) in [6, 6.07) is -0.890. The van der Waals surface area contributed by atoms with Gasteiger partial charge in [-0.3, -0.25) is 9.63 Å². The standard InChI is InChI=1S/C11H20N2O6/c1-11(2,3)19-10(15)12-8-7(17-6-16-4)5-18-13-9(8)14/h7-8H,5-6H2,1-4H3,(H,12,15)(H,13,14)/t7-,8+/m0/s1. The van der Waals surface area contributed by atoms with Gasteiger partial charge in [0.15, 0.2) is 0 Å². The van der Waals surface area contributed by atoms with Crippen molar-refractivity contribution in [2.75, 3.05) is 20.5 Å². The lowest BCUT2D eigenvalue weighted by atomic mass is 10.1. The Balaban J connectivity index is 2.59. The highest BCUT2D eigenvalue weighted by Crippen LogP contribution is 2.10. The molecule has 0 aromatic carbocycles. The predicted octanol–water partition coefficient (Wildman–Crippen LogP) is -0.0698. The first-order valence-electron chi connectivity index (χ1n) is 5.85. The molecule has 2 amide bonds. The molecule has 19 heavy (non-hydrogen) atoms. The molecule has 0 saturated carbocycles. The average Bonchev–Trinajstić information content (AvgIpc) is 2.27. The molecule has 1 fully saturated rings. The van der Waals surface area contributed by atoms with Crippen molar-refractivity contribution in [1.82, 2.24) is 10.8 Å². The van der Waals surface area contributed by atoms with Gasteiger partial charge in [0.05, 0.1) is 0 Å². The maximum Gasteiger partial charge on any atom is 0.408 e. The first-order chi connectivity index (χ1) is 8.83. The van der Waals surface area contributed by atoms with E-state index in [1.165, 1.54) is 7.11 Å². The third-order valence-electron chi connectivity index (χ3n) is 2.15. The van der Waals surface area contributed by atoms with Crippen molar-refractivity contribution < 1.29 is 28.6 Å². The van der Waals surface area contributed by atoms with Gasteiger partial charge in [-0.15, -0.1) is 0 Å². The number of carbonyl (C=O) groups is 2. The number of hydrogen-bond donors (Lipinski definition) is 2. The number of nitrogens with one attached hydrogen (secondary N) is 2. The fourth-order valence-corrected chi connectivity index (χ4v) is 1.42. The van der Waals surface area contributed by atoms with Gasteiger partial charge in [-0.05, 0) is 20.8 Å². The SMILES string of the molecule is COCO[C@H]1CONC(=O)[C@@H]1NC(=O)OC(C)(C)C. The van der Waals surface area contributed by atoms with E-state index in [1.807, 2.05) is 0 Å². The third-order valence-corrected chi connectivity index (χ3v) is 2.15. The lowest BCUT2D eigenvalue weighted by Crippen LogP contribution is -2.60. The second-order valence-electron chi connectivity index (χ2n) is 5.01. The molecule has 1 rings (SSSR count). The lowest BCUT2D eigenvalue weighted by molar-refractivity contribution is -0.170. The maximum absolute atomic E-state index is 11.7. The predicted molar refractivity (Wildman–Crippen MR) is 64.0 cm³/mol. The zero-order valence-electron chi connectivity index (χ0n) is 11.5. The van der Waals surface area contributed by atoms with E-state index in [0.29, 0.717) is 0 Å². The van der Waals surface area contributed by atoms with E-state index in [1.54, 1.807) is 20.8 Å². The Kier molecular flexibility index (Phi) is 5.52. The molecule has 1 aliphatic heterocycles. The first kappa shape index (κ1) is 15.7. The van der Waals surface area contributed by atoms with Gasteiger partial charge < -0.3 is 19.5 Å². The summed E-state index contributed by atoms with van der Waals surface area (Å²) >= 11 is 0. The Labute approximate surface area is 111 Å². The number of ether oxygens (including phenoxy) is 3. The van der Waals surface area contributed by atoms with Gasteiger partial charge in [0.2, 0.25) is 0 Å². The van der Waals surface area contributed by atoms with Crippen molar-refractivity contribution in [2.45, 2.75) is 38.5 Å². The first-order valence-corrected chi connectivity index (χ1v) is 5.85. The molecule has 1 heterocycles. The lowest BCUT2D eigenvalue weighted by Gasteiger charge is -2.31. The smallest absolute Gasteiger partial charge is 0.408 e. The molecule has 110 valence electrons. The third kappa shape index (κ3) is 5.41. The minimum Gasteiger partial charge on any atom is -0.444 e. The van der Waals surface area contributed by atoms with Gasteiger partial charge in [-0.25, -0.2) is 10.3 Å². The van der Waals surface area contributed by atoms with E-state index < -0.39 is 29.7 Å². The van der Waals surface area contributed by atoms with Crippen LogP contribution >= 0.6 is 0 Å². The molecule has 0 radical (unpaired) electrons. The summed E-state index contributed by atoms with van der Waals surface area (Å²) < 4.78 is 15.1. The quantitative estimate of drug-likeness (QED) is 0.698. The second kappa shape index (κ2) is 6.69. The molecule has 0 bridgehead atoms. The largest absolute Gasteiger partial charge is 0.444 e. The molecule has 8 nitrogen and oxygen atoms in total. The van der Waals surface area contributed by atoms with Crippen LogP contribution in [0.15, 0.2) is 0 Å². The molecule has 8 heteroatoms. The van der Waals surface area contributed by atoms with Crippen LogP contribution in [0.1, 0.15) is 20.8 Å². The minimum absolute atomic E-state index is 0.00615.